The number of nitrogens with one attached hydrogen (secondary N) is 1. The second-order valence-electron chi connectivity index (χ2n) is 10.4. The van der Waals surface area contributed by atoms with E-state index in [0.29, 0.717) is 47.0 Å². The highest BCUT2D eigenvalue weighted by Crippen LogP contribution is 2.38. The van der Waals surface area contributed by atoms with Gasteiger partial charge in [-0.1, -0.05) is 6.58 Å². The van der Waals surface area contributed by atoms with E-state index in [4.69, 9.17) is 9.72 Å². The number of aryl methyl sites for hydroxylation is 1. The van der Waals surface area contributed by atoms with Gasteiger partial charge < -0.3 is 24.4 Å². The molecule has 0 saturated carbocycles. The van der Waals surface area contributed by atoms with Crippen LogP contribution < -0.4 is 15.0 Å². The lowest BCUT2D eigenvalue weighted by Gasteiger charge is -2.56. The maximum atomic E-state index is 15.6. The average molecular weight is 551 g/mol. The molecule has 2 bridgehead atoms. The first-order chi connectivity index (χ1) is 19.9. The van der Waals surface area contributed by atoms with Gasteiger partial charge in [-0.05, 0) is 55.8 Å². The lowest BCUT2D eigenvalue weighted by molar-refractivity contribution is -0.129. The predicted molar refractivity (Wildman–Crippen MR) is 154 cm³/mol. The lowest BCUT2D eigenvalue weighted by Crippen LogP contribution is -2.69. The van der Waals surface area contributed by atoms with Gasteiger partial charge in [0.1, 0.15) is 29.2 Å². The fraction of sp³-hybridized carbons (Fsp3) is 0.233. The summed E-state index contributed by atoms with van der Waals surface area (Å²) in [5.41, 5.74) is 3.57. The summed E-state index contributed by atoms with van der Waals surface area (Å²) >= 11 is 0. The van der Waals surface area contributed by atoms with Gasteiger partial charge in [0, 0.05) is 31.8 Å². The Morgan fingerprint density at radius 3 is 2.73 bits per heavy atom. The molecule has 2 atom stereocenters. The molecule has 1 amide bonds. The van der Waals surface area contributed by atoms with E-state index in [0.717, 1.165) is 23.3 Å². The molecular weight excluding hydrogens is 523 g/mol. The largest absolute Gasteiger partial charge is 0.457 e. The molecule has 6 heterocycles. The Balaban J connectivity index is 1.14. The smallest absolute Gasteiger partial charge is 0.246 e. The van der Waals surface area contributed by atoms with Crippen LogP contribution in [0.25, 0.3) is 22.1 Å². The molecule has 3 saturated heterocycles. The number of hydrogen-bond donors (Lipinski definition) is 1. The van der Waals surface area contributed by atoms with Crippen LogP contribution >= 0.6 is 0 Å². The molecule has 206 valence electrons. The third-order valence-corrected chi connectivity index (χ3v) is 7.93. The van der Waals surface area contributed by atoms with E-state index >= 15 is 4.39 Å². The Hall–Kier alpha value is -5.06. The van der Waals surface area contributed by atoms with Gasteiger partial charge in [0.15, 0.2) is 11.6 Å². The summed E-state index contributed by atoms with van der Waals surface area (Å²) in [6.07, 6.45) is 5.54. The van der Waals surface area contributed by atoms with Crippen molar-refractivity contribution < 1.29 is 13.9 Å². The molecule has 0 aliphatic carbocycles. The molecule has 3 fully saturated rings. The number of carbonyl (C=O) groups is 1. The van der Waals surface area contributed by atoms with Crippen LogP contribution in [0.2, 0.25) is 0 Å². The number of halogens is 1. The number of aromatic nitrogens is 5. The average Bonchev–Trinajstić information content (AvgIpc) is 3.36. The van der Waals surface area contributed by atoms with E-state index in [1.165, 1.54) is 12.4 Å². The van der Waals surface area contributed by atoms with Gasteiger partial charge in [-0.15, -0.1) is 0 Å². The van der Waals surface area contributed by atoms with Crippen molar-refractivity contribution in [3.63, 3.8) is 0 Å². The van der Waals surface area contributed by atoms with E-state index in [2.05, 4.69) is 31.7 Å². The number of piperidine rings is 1. The number of amides is 1. The summed E-state index contributed by atoms with van der Waals surface area (Å²) in [5, 5.41) is 3.12. The summed E-state index contributed by atoms with van der Waals surface area (Å²) < 4.78 is 23.5. The summed E-state index contributed by atoms with van der Waals surface area (Å²) in [7, 11) is 1.93. The molecule has 0 spiro atoms. The number of benzene rings is 2. The number of imidazole rings is 1. The summed E-state index contributed by atoms with van der Waals surface area (Å²) in [5.74, 6) is 1.67. The van der Waals surface area contributed by atoms with Crippen molar-refractivity contribution in [2.75, 3.05) is 23.3 Å². The van der Waals surface area contributed by atoms with Gasteiger partial charge in [0.2, 0.25) is 5.91 Å². The molecular formula is C30H27FN8O2. The molecule has 1 N–H and O–H groups in total. The number of piperazine rings is 1. The van der Waals surface area contributed by atoms with Crippen LogP contribution in [0.3, 0.4) is 0 Å². The van der Waals surface area contributed by atoms with Crippen molar-refractivity contribution in [1.82, 2.24) is 29.4 Å². The van der Waals surface area contributed by atoms with Crippen molar-refractivity contribution in [2.45, 2.75) is 25.4 Å². The van der Waals surface area contributed by atoms with Crippen LogP contribution in [0.4, 0.5) is 21.7 Å². The molecule has 0 radical (unpaired) electrons. The molecule has 3 aliphatic rings. The highest BCUT2D eigenvalue weighted by molar-refractivity contribution is 5.89. The quantitative estimate of drug-likeness (QED) is 0.299. The SMILES string of the molecule is C=CC(=O)N1CC2CC(C1)N2c1ccc2ncnc(Nc3ccc(Oc4ccc5c(c4)ncn5C)c(C)c3F)c2n1. The molecule has 8 rings (SSSR count). The van der Waals surface area contributed by atoms with Crippen molar-refractivity contribution in [1.29, 1.82) is 0 Å². The first-order valence-electron chi connectivity index (χ1n) is 13.4. The molecule has 41 heavy (non-hydrogen) atoms. The first kappa shape index (κ1) is 24.9. The second-order valence-corrected chi connectivity index (χ2v) is 10.4. The van der Waals surface area contributed by atoms with Crippen molar-refractivity contribution in [2.24, 2.45) is 7.05 Å². The monoisotopic (exact) mass is 550 g/mol. The number of fused-ring (bicyclic) bond motifs is 4. The highest BCUT2D eigenvalue weighted by atomic mass is 19.1. The van der Waals surface area contributed by atoms with Gasteiger partial charge in [-0.25, -0.2) is 24.3 Å². The van der Waals surface area contributed by atoms with Gasteiger partial charge in [-0.2, -0.15) is 0 Å². The minimum absolute atomic E-state index is 0.0475. The zero-order chi connectivity index (χ0) is 28.2. The fourth-order valence-electron chi connectivity index (χ4n) is 5.77. The topological polar surface area (TPSA) is 101 Å². The fourth-order valence-corrected chi connectivity index (χ4v) is 5.77. The molecule has 10 nitrogen and oxygen atoms in total. The maximum Gasteiger partial charge on any atom is 0.246 e. The van der Waals surface area contributed by atoms with Crippen LogP contribution in [0.1, 0.15) is 12.0 Å². The lowest BCUT2D eigenvalue weighted by atomic mass is 9.87. The Labute approximate surface area is 235 Å². The van der Waals surface area contributed by atoms with Crippen LogP contribution in [-0.2, 0) is 11.8 Å². The number of carbonyl (C=O) groups excluding carboxylic acids is 1. The predicted octanol–water partition coefficient (Wildman–Crippen LogP) is 4.87. The number of ether oxygens (including phenoxy) is 1. The third kappa shape index (κ3) is 4.21. The van der Waals surface area contributed by atoms with Crippen LogP contribution in [0.5, 0.6) is 11.5 Å². The highest BCUT2D eigenvalue weighted by Gasteiger charge is 2.46. The number of rotatable bonds is 6. The van der Waals surface area contributed by atoms with Gasteiger partial charge in [0.05, 0.1) is 40.6 Å². The first-order valence-corrected chi connectivity index (χ1v) is 13.4. The molecule has 2 unspecified atom stereocenters. The Bertz CT molecular complexity index is 1840. The molecule has 3 aromatic heterocycles. The van der Waals surface area contributed by atoms with Gasteiger partial charge >= 0.3 is 0 Å². The standard InChI is InChI=1S/C30H27FN8O2/c1-4-27(40)38-13-18-11-19(14-38)39(18)26-10-7-22-29(36-26)30(33-15-32-22)35-21-6-9-25(17(2)28(21)31)41-20-5-8-24-23(12-20)34-16-37(24)3/h4-10,12,15-16,18-19H,1,11,13-14H2,2-3H3,(H,32,33,35). The van der Waals surface area contributed by atoms with Crippen molar-refractivity contribution in [3.05, 3.63) is 79.2 Å². The maximum absolute atomic E-state index is 15.6. The minimum Gasteiger partial charge on any atom is -0.457 e. The third-order valence-electron chi connectivity index (χ3n) is 7.93. The minimum atomic E-state index is -0.450. The van der Waals surface area contributed by atoms with Crippen LogP contribution in [0.15, 0.2) is 67.8 Å². The zero-order valence-corrected chi connectivity index (χ0v) is 22.6. The Morgan fingerprint density at radius 2 is 1.93 bits per heavy atom. The number of nitrogens with zero attached hydrogens (tertiary/aromatic N) is 7. The van der Waals surface area contributed by atoms with E-state index in [-0.39, 0.29) is 23.7 Å². The normalized spacial score (nSPS) is 17.9. The second kappa shape index (κ2) is 9.54. The summed E-state index contributed by atoms with van der Waals surface area (Å²) in [6.45, 7) is 6.54. The molecule has 11 heteroatoms. The van der Waals surface area contributed by atoms with E-state index in [9.17, 15) is 4.79 Å². The summed E-state index contributed by atoms with van der Waals surface area (Å²) in [4.78, 5) is 34.1. The van der Waals surface area contributed by atoms with Crippen LogP contribution in [0, 0.1) is 12.7 Å². The Morgan fingerprint density at radius 1 is 1.10 bits per heavy atom. The van der Waals surface area contributed by atoms with E-state index < -0.39 is 5.82 Å². The van der Waals surface area contributed by atoms with Crippen molar-refractivity contribution >= 4 is 45.3 Å². The molecule has 3 aliphatic heterocycles. The molecule has 5 aromatic rings. The van der Waals surface area contributed by atoms with Gasteiger partial charge in [0.25, 0.3) is 0 Å². The number of hydrogen-bond acceptors (Lipinski definition) is 8. The Kier molecular flexibility index (Phi) is 5.81. The van der Waals surface area contributed by atoms with E-state index in [1.54, 1.807) is 25.4 Å². The zero-order valence-electron chi connectivity index (χ0n) is 22.6. The number of pyridine rings is 1. The molecule has 2 aromatic carbocycles. The van der Waals surface area contributed by atoms with Crippen LogP contribution in [-0.4, -0.2) is 60.5 Å². The van der Waals surface area contributed by atoms with E-state index in [1.807, 2.05) is 46.8 Å². The van der Waals surface area contributed by atoms with Crippen molar-refractivity contribution in [3.8, 4) is 11.5 Å². The number of anilines is 3. The van der Waals surface area contributed by atoms with Gasteiger partial charge in [-0.3, -0.25) is 4.79 Å². The summed E-state index contributed by atoms with van der Waals surface area (Å²) in [6, 6.07) is 13.1.